The SMILES string of the molecule is CC(C)(O)CCNS(=O)(=O)C1CCC(C2=C(C(=O)O)C(c3ccc(F)c(F)c3Cl)N=C(c3nccs3)N2)CC1. The number of carboxylic acids is 1. The highest BCUT2D eigenvalue weighted by Gasteiger charge is 2.39. The highest BCUT2D eigenvalue weighted by molar-refractivity contribution is 7.90. The van der Waals surface area contributed by atoms with Crippen molar-refractivity contribution < 1.29 is 32.2 Å². The Balaban J connectivity index is 1.64. The second kappa shape index (κ2) is 11.6. The average molecular weight is 603 g/mol. The van der Waals surface area contributed by atoms with Crippen LogP contribution in [0.15, 0.2) is 40.0 Å². The molecule has 0 spiro atoms. The second-order valence-electron chi connectivity index (χ2n) is 10.2. The summed E-state index contributed by atoms with van der Waals surface area (Å²) in [6.07, 6.45) is 3.09. The topological polar surface area (TPSA) is 141 Å². The van der Waals surface area contributed by atoms with Crippen LogP contribution in [0, 0.1) is 17.6 Å². The minimum Gasteiger partial charge on any atom is -0.478 e. The van der Waals surface area contributed by atoms with Gasteiger partial charge in [0, 0.05) is 29.4 Å². The number of benzene rings is 1. The molecule has 39 heavy (non-hydrogen) atoms. The zero-order chi connectivity index (χ0) is 28.5. The number of nitrogens with zero attached hydrogens (tertiary/aromatic N) is 2. The number of nitrogens with one attached hydrogen (secondary N) is 2. The van der Waals surface area contributed by atoms with Gasteiger partial charge in [-0.15, -0.1) is 11.3 Å². The number of aliphatic imine (C=N–C) groups is 1. The van der Waals surface area contributed by atoms with Crippen molar-refractivity contribution in [3.8, 4) is 0 Å². The number of aliphatic carboxylic acids is 1. The highest BCUT2D eigenvalue weighted by Crippen LogP contribution is 2.42. The maximum atomic E-state index is 14.4. The largest absolute Gasteiger partial charge is 0.478 e. The minimum atomic E-state index is -3.64. The molecule has 1 aliphatic heterocycles. The van der Waals surface area contributed by atoms with Crippen LogP contribution in [0.3, 0.4) is 0 Å². The third-order valence-electron chi connectivity index (χ3n) is 6.86. The first kappa shape index (κ1) is 29.5. The molecule has 0 bridgehead atoms. The Morgan fingerprint density at radius 3 is 2.54 bits per heavy atom. The molecule has 1 atom stereocenters. The first-order valence-electron chi connectivity index (χ1n) is 12.3. The van der Waals surface area contributed by atoms with Crippen molar-refractivity contribution in [3.63, 3.8) is 0 Å². The molecule has 14 heteroatoms. The lowest BCUT2D eigenvalue weighted by atomic mass is 9.82. The number of sulfonamides is 1. The van der Waals surface area contributed by atoms with Crippen molar-refractivity contribution in [1.82, 2.24) is 15.0 Å². The Bertz CT molecular complexity index is 1400. The zero-order valence-electron chi connectivity index (χ0n) is 21.2. The third kappa shape index (κ3) is 6.65. The summed E-state index contributed by atoms with van der Waals surface area (Å²) in [4.78, 5) is 21.3. The van der Waals surface area contributed by atoms with Crippen LogP contribution in [0.2, 0.25) is 5.02 Å². The Morgan fingerprint density at radius 1 is 1.26 bits per heavy atom. The molecule has 0 radical (unpaired) electrons. The van der Waals surface area contributed by atoms with Gasteiger partial charge in [-0.2, -0.15) is 0 Å². The van der Waals surface area contributed by atoms with Gasteiger partial charge < -0.3 is 15.5 Å². The van der Waals surface area contributed by atoms with E-state index >= 15 is 0 Å². The van der Waals surface area contributed by atoms with Gasteiger partial charge in [-0.25, -0.2) is 31.7 Å². The number of halogens is 3. The molecule has 2 aromatic rings. The Labute approximate surface area is 234 Å². The predicted molar refractivity (Wildman–Crippen MR) is 144 cm³/mol. The molecule has 2 aliphatic rings. The Morgan fingerprint density at radius 2 is 1.95 bits per heavy atom. The molecule has 1 saturated carbocycles. The lowest BCUT2D eigenvalue weighted by Crippen LogP contribution is -2.41. The van der Waals surface area contributed by atoms with Crippen LogP contribution in [-0.2, 0) is 14.8 Å². The van der Waals surface area contributed by atoms with Gasteiger partial charge >= 0.3 is 5.97 Å². The van der Waals surface area contributed by atoms with E-state index in [1.165, 1.54) is 17.4 Å². The molecule has 9 nitrogen and oxygen atoms in total. The van der Waals surface area contributed by atoms with Gasteiger partial charge in [0.25, 0.3) is 0 Å². The van der Waals surface area contributed by atoms with Crippen molar-refractivity contribution in [2.75, 3.05) is 6.54 Å². The number of rotatable bonds is 9. The summed E-state index contributed by atoms with van der Waals surface area (Å²) in [5.74, 6) is -3.88. The number of amidine groups is 1. The zero-order valence-corrected chi connectivity index (χ0v) is 23.6. The van der Waals surface area contributed by atoms with E-state index in [0.717, 1.165) is 6.07 Å². The maximum Gasteiger partial charge on any atom is 0.335 e. The molecule has 1 aliphatic carbocycles. The minimum absolute atomic E-state index is 0.00621. The van der Waals surface area contributed by atoms with Crippen LogP contribution in [0.1, 0.15) is 62.6 Å². The highest BCUT2D eigenvalue weighted by atomic mass is 35.5. The average Bonchev–Trinajstić information content (AvgIpc) is 3.41. The molecule has 212 valence electrons. The summed E-state index contributed by atoms with van der Waals surface area (Å²) >= 11 is 7.39. The summed E-state index contributed by atoms with van der Waals surface area (Å²) in [6, 6.07) is 0.839. The third-order valence-corrected chi connectivity index (χ3v) is 9.98. The molecular formula is C25H29ClF2N4O5S2. The van der Waals surface area contributed by atoms with Crippen LogP contribution < -0.4 is 10.0 Å². The number of thiazole rings is 1. The van der Waals surface area contributed by atoms with Gasteiger partial charge in [0.2, 0.25) is 10.0 Å². The molecule has 1 aromatic carbocycles. The summed E-state index contributed by atoms with van der Waals surface area (Å²) in [5, 5.41) is 24.1. The summed E-state index contributed by atoms with van der Waals surface area (Å²) in [5.41, 5.74) is -0.860. The quantitative estimate of drug-likeness (QED) is 0.316. The van der Waals surface area contributed by atoms with E-state index in [9.17, 15) is 32.2 Å². The number of hydrogen-bond acceptors (Lipinski definition) is 8. The van der Waals surface area contributed by atoms with Crippen LogP contribution in [0.25, 0.3) is 0 Å². The first-order valence-corrected chi connectivity index (χ1v) is 15.1. The first-order chi connectivity index (χ1) is 18.3. The molecule has 2 heterocycles. The van der Waals surface area contributed by atoms with E-state index < -0.39 is 49.5 Å². The van der Waals surface area contributed by atoms with E-state index in [1.807, 2.05) is 0 Å². The molecule has 1 fully saturated rings. The van der Waals surface area contributed by atoms with E-state index in [0.29, 0.717) is 23.5 Å². The maximum absolute atomic E-state index is 14.4. The smallest absolute Gasteiger partial charge is 0.335 e. The van der Waals surface area contributed by atoms with E-state index in [2.05, 4.69) is 20.0 Å². The fourth-order valence-electron chi connectivity index (χ4n) is 4.83. The lowest BCUT2D eigenvalue weighted by molar-refractivity contribution is -0.133. The standard InChI is InChI=1S/C25H29ClF2N4O5S2/c1-25(2,35)9-10-30-39(36,37)14-5-3-13(4-6-14)20-17(24(33)34)21(15-7-8-16(27)19(28)18(15)26)32-22(31-20)23-29-11-12-38-23/h7-8,11-14,21,30,35H,3-6,9-10H2,1-2H3,(H,31,32)(H,33,34). The van der Waals surface area contributed by atoms with Crippen molar-refractivity contribution in [2.24, 2.45) is 10.9 Å². The second-order valence-corrected chi connectivity index (χ2v) is 13.5. The molecule has 4 rings (SSSR count). The van der Waals surface area contributed by atoms with Gasteiger partial charge in [0.1, 0.15) is 6.04 Å². The number of hydrogen-bond donors (Lipinski definition) is 4. The number of carbonyl (C=O) groups is 1. The number of aliphatic hydroxyl groups is 1. The molecule has 0 saturated heterocycles. The summed E-state index contributed by atoms with van der Waals surface area (Å²) in [6.45, 7) is 3.30. The molecule has 4 N–H and O–H groups in total. The van der Waals surface area contributed by atoms with Crippen molar-refractivity contribution in [3.05, 3.63) is 62.2 Å². The van der Waals surface area contributed by atoms with Gasteiger partial charge in [0.05, 0.1) is 21.4 Å². The van der Waals surface area contributed by atoms with Crippen LogP contribution in [-0.4, -0.2) is 52.8 Å². The molecular weight excluding hydrogens is 574 g/mol. The normalized spacial score (nSPS) is 22.4. The van der Waals surface area contributed by atoms with Crippen molar-refractivity contribution in [2.45, 2.75) is 62.8 Å². The molecule has 1 aromatic heterocycles. The van der Waals surface area contributed by atoms with E-state index in [1.54, 1.807) is 25.4 Å². The van der Waals surface area contributed by atoms with Gasteiger partial charge in [-0.3, -0.25) is 4.99 Å². The number of aromatic nitrogens is 1. The predicted octanol–water partition coefficient (Wildman–Crippen LogP) is 4.14. The Kier molecular flexibility index (Phi) is 8.76. The Hall–Kier alpha value is -2.45. The van der Waals surface area contributed by atoms with Crippen molar-refractivity contribution in [1.29, 1.82) is 0 Å². The number of allylic oxidation sites excluding steroid dienone is 1. The van der Waals surface area contributed by atoms with Gasteiger partial charge in [0.15, 0.2) is 22.5 Å². The van der Waals surface area contributed by atoms with E-state index in [4.69, 9.17) is 11.6 Å². The van der Waals surface area contributed by atoms with Crippen LogP contribution in [0.5, 0.6) is 0 Å². The van der Waals surface area contributed by atoms with Gasteiger partial charge in [-0.1, -0.05) is 17.7 Å². The van der Waals surface area contributed by atoms with E-state index in [-0.39, 0.29) is 48.7 Å². The van der Waals surface area contributed by atoms with Crippen LogP contribution >= 0.6 is 22.9 Å². The monoisotopic (exact) mass is 602 g/mol. The van der Waals surface area contributed by atoms with Gasteiger partial charge in [-0.05, 0) is 57.9 Å². The number of carboxylic acid groups (broad SMARTS) is 1. The van der Waals surface area contributed by atoms with Crippen LogP contribution in [0.4, 0.5) is 8.78 Å². The fraction of sp³-hybridized carbons (Fsp3) is 0.480. The van der Waals surface area contributed by atoms with Crippen molar-refractivity contribution >= 4 is 44.8 Å². The summed E-state index contributed by atoms with van der Waals surface area (Å²) < 4.78 is 56.4. The fourth-order valence-corrected chi connectivity index (χ4v) is 7.19. The molecule has 0 amide bonds. The molecule has 1 unspecified atom stereocenters. The summed E-state index contributed by atoms with van der Waals surface area (Å²) in [7, 11) is -3.64. The lowest BCUT2D eigenvalue weighted by Gasteiger charge is -2.34.